The maximum atomic E-state index is 12.5. The number of carbonyl (C=O) groups excluding carboxylic acids is 2. The van der Waals surface area contributed by atoms with Crippen LogP contribution in [-0.4, -0.2) is 11.8 Å². The van der Waals surface area contributed by atoms with E-state index in [1.807, 2.05) is 46.8 Å². The topological polar surface area (TPSA) is 37.4 Å². The van der Waals surface area contributed by atoms with E-state index in [0.29, 0.717) is 0 Å². The van der Waals surface area contributed by atoms with Crippen LogP contribution in [0.5, 0.6) is 0 Å². The fraction of sp³-hybridized carbons (Fsp3) is 0.474. The molecule has 2 amide bonds. The fourth-order valence-corrected chi connectivity index (χ4v) is 3.14. The van der Waals surface area contributed by atoms with Gasteiger partial charge in [-0.15, -0.1) is 0 Å². The minimum absolute atomic E-state index is 0.101. The lowest BCUT2D eigenvalue weighted by Crippen LogP contribution is -2.32. The summed E-state index contributed by atoms with van der Waals surface area (Å²) in [4.78, 5) is 26.5. The predicted octanol–water partition coefficient (Wildman–Crippen LogP) is 4.38. The van der Waals surface area contributed by atoms with E-state index in [0.717, 1.165) is 53.6 Å². The van der Waals surface area contributed by atoms with Crippen molar-refractivity contribution >= 4 is 17.5 Å². The molecule has 1 heterocycles. The molecule has 0 radical (unpaired) electrons. The maximum absolute atomic E-state index is 12.5. The van der Waals surface area contributed by atoms with Gasteiger partial charge < -0.3 is 0 Å². The monoisotopic (exact) mass is 299 g/mol. The zero-order chi connectivity index (χ0) is 16.4. The first-order valence-electron chi connectivity index (χ1n) is 8.19. The zero-order valence-corrected chi connectivity index (χ0v) is 14.2. The van der Waals surface area contributed by atoms with Crippen LogP contribution in [0.3, 0.4) is 0 Å². The standard InChI is InChI=1S/C17H19NO2.C2H6/c1-10-8-12(3)15(9-11(10)2)18-16(19)13-6-4-5-7-14(13)17(18)20;1-2/h8-9H,4-7H2,1-3H3;1-2H3. The lowest BCUT2D eigenvalue weighted by Gasteiger charge is -2.19. The summed E-state index contributed by atoms with van der Waals surface area (Å²) >= 11 is 0. The lowest BCUT2D eigenvalue weighted by atomic mass is 9.93. The van der Waals surface area contributed by atoms with Gasteiger partial charge in [0.2, 0.25) is 0 Å². The van der Waals surface area contributed by atoms with Crippen LogP contribution < -0.4 is 4.90 Å². The first-order valence-corrected chi connectivity index (χ1v) is 8.19. The Hall–Kier alpha value is -1.90. The first-order chi connectivity index (χ1) is 10.5. The summed E-state index contributed by atoms with van der Waals surface area (Å²) in [5, 5.41) is 0. The van der Waals surface area contributed by atoms with Crippen molar-refractivity contribution in [3.63, 3.8) is 0 Å². The Morgan fingerprint density at radius 1 is 0.773 bits per heavy atom. The second kappa shape index (κ2) is 6.47. The average molecular weight is 299 g/mol. The molecule has 0 saturated carbocycles. The van der Waals surface area contributed by atoms with Crippen LogP contribution in [-0.2, 0) is 9.59 Å². The number of benzene rings is 1. The number of hydrogen-bond acceptors (Lipinski definition) is 2. The van der Waals surface area contributed by atoms with E-state index in [4.69, 9.17) is 0 Å². The van der Waals surface area contributed by atoms with Crippen LogP contribution in [0.2, 0.25) is 0 Å². The van der Waals surface area contributed by atoms with Crippen molar-refractivity contribution < 1.29 is 9.59 Å². The number of carbonyl (C=O) groups is 2. The molecule has 22 heavy (non-hydrogen) atoms. The van der Waals surface area contributed by atoms with Gasteiger partial charge in [0, 0.05) is 11.1 Å². The van der Waals surface area contributed by atoms with Crippen molar-refractivity contribution in [1.82, 2.24) is 0 Å². The molecule has 0 aromatic heterocycles. The third-order valence-electron chi connectivity index (χ3n) is 4.44. The highest BCUT2D eigenvalue weighted by Gasteiger charge is 2.40. The molecule has 1 aromatic carbocycles. The molecule has 0 atom stereocenters. The Bertz CT molecular complexity index is 628. The third-order valence-corrected chi connectivity index (χ3v) is 4.44. The molecule has 118 valence electrons. The van der Waals surface area contributed by atoms with Gasteiger partial charge in [-0.1, -0.05) is 19.9 Å². The van der Waals surface area contributed by atoms with Crippen LogP contribution in [0.4, 0.5) is 5.69 Å². The SMILES string of the molecule is CC.Cc1cc(C)c(N2C(=O)C3=C(CCCC3)C2=O)cc1C. The van der Waals surface area contributed by atoms with Gasteiger partial charge in [-0.2, -0.15) is 0 Å². The predicted molar refractivity (Wildman–Crippen MR) is 90.0 cm³/mol. The second-order valence-corrected chi connectivity index (χ2v) is 5.83. The first kappa shape index (κ1) is 16.5. The summed E-state index contributed by atoms with van der Waals surface area (Å²) in [5.74, 6) is -0.202. The second-order valence-electron chi connectivity index (χ2n) is 5.83. The number of nitrogens with zero attached hydrogens (tertiary/aromatic N) is 1. The molecule has 1 aromatic rings. The highest BCUT2D eigenvalue weighted by molar-refractivity contribution is 6.33. The molecule has 2 aliphatic rings. The molecule has 3 heteroatoms. The zero-order valence-electron chi connectivity index (χ0n) is 14.2. The van der Waals surface area contributed by atoms with Crippen LogP contribution in [0.1, 0.15) is 56.2 Å². The van der Waals surface area contributed by atoms with Gasteiger partial charge in [-0.05, 0) is 69.2 Å². The summed E-state index contributed by atoms with van der Waals surface area (Å²) in [6.07, 6.45) is 3.52. The normalized spacial score (nSPS) is 17.4. The number of hydrogen-bond donors (Lipinski definition) is 0. The van der Waals surface area contributed by atoms with E-state index >= 15 is 0 Å². The molecule has 0 saturated heterocycles. The molecule has 0 N–H and O–H groups in total. The third kappa shape index (κ3) is 2.60. The molecule has 0 unspecified atom stereocenters. The van der Waals surface area contributed by atoms with Gasteiger partial charge in [-0.25, -0.2) is 4.90 Å². The van der Waals surface area contributed by atoms with Crippen molar-refractivity contribution in [2.24, 2.45) is 0 Å². The summed E-state index contributed by atoms with van der Waals surface area (Å²) in [6, 6.07) is 4.00. The van der Waals surface area contributed by atoms with E-state index in [1.165, 1.54) is 10.5 Å². The van der Waals surface area contributed by atoms with Gasteiger partial charge in [0.1, 0.15) is 0 Å². The maximum Gasteiger partial charge on any atom is 0.261 e. The molecule has 3 nitrogen and oxygen atoms in total. The molecule has 1 aliphatic carbocycles. The van der Waals surface area contributed by atoms with Crippen molar-refractivity contribution in [2.75, 3.05) is 4.90 Å². The number of anilines is 1. The highest BCUT2D eigenvalue weighted by Crippen LogP contribution is 2.37. The molecule has 3 rings (SSSR count). The Balaban J connectivity index is 0.000000847. The van der Waals surface area contributed by atoms with Crippen molar-refractivity contribution in [3.8, 4) is 0 Å². The van der Waals surface area contributed by atoms with E-state index < -0.39 is 0 Å². The number of rotatable bonds is 1. The van der Waals surface area contributed by atoms with Crippen molar-refractivity contribution in [2.45, 2.75) is 60.3 Å². The van der Waals surface area contributed by atoms with Crippen molar-refractivity contribution in [1.29, 1.82) is 0 Å². The molecule has 0 bridgehead atoms. The van der Waals surface area contributed by atoms with Gasteiger partial charge in [0.15, 0.2) is 0 Å². The van der Waals surface area contributed by atoms with E-state index in [-0.39, 0.29) is 11.8 Å². The minimum Gasteiger partial charge on any atom is -0.269 e. The summed E-state index contributed by atoms with van der Waals surface area (Å²) in [5.41, 5.74) is 5.52. The van der Waals surface area contributed by atoms with Gasteiger partial charge in [-0.3, -0.25) is 9.59 Å². The quantitative estimate of drug-likeness (QED) is 0.722. The summed E-state index contributed by atoms with van der Waals surface area (Å²) in [7, 11) is 0. The Kier molecular flexibility index (Phi) is 4.84. The molecule has 0 fully saturated rings. The molecular formula is C19H25NO2. The Labute approximate surface area is 133 Å². The van der Waals surface area contributed by atoms with Crippen molar-refractivity contribution in [3.05, 3.63) is 40.0 Å². The van der Waals surface area contributed by atoms with Crippen LogP contribution >= 0.6 is 0 Å². The summed E-state index contributed by atoms with van der Waals surface area (Å²) in [6.45, 7) is 10.0. The van der Waals surface area contributed by atoms with Gasteiger partial charge in [0.25, 0.3) is 11.8 Å². The van der Waals surface area contributed by atoms with Gasteiger partial charge >= 0.3 is 0 Å². The van der Waals surface area contributed by atoms with E-state index in [2.05, 4.69) is 0 Å². The fourth-order valence-electron chi connectivity index (χ4n) is 3.14. The molecular weight excluding hydrogens is 274 g/mol. The Morgan fingerprint density at radius 3 is 1.73 bits per heavy atom. The van der Waals surface area contributed by atoms with Gasteiger partial charge in [0.05, 0.1) is 5.69 Å². The lowest BCUT2D eigenvalue weighted by molar-refractivity contribution is -0.120. The highest BCUT2D eigenvalue weighted by atomic mass is 16.2. The van der Waals surface area contributed by atoms with Crippen LogP contribution in [0.25, 0.3) is 0 Å². The smallest absolute Gasteiger partial charge is 0.261 e. The molecule has 1 aliphatic heterocycles. The van der Waals surface area contributed by atoms with E-state index in [1.54, 1.807) is 0 Å². The van der Waals surface area contributed by atoms with Crippen LogP contribution in [0, 0.1) is 20.8 Å². The number of aryl methyl sites for hydroxylation is 3. The van der Waals surface area contributed by atoms with Crippen LogP contribution in [0.15, 0.2) is 23.3 Å². The summed E-state index contributed by atoms with van der Waals surface area (Å²) < 4.78 is 0. The number of amides is 2. The van der Waals surface area contributed by atoms with E-state index in [9.17, 15) is 9.59 Å². The number of imide groups is 1. The average Bonchev–Trinajstić information content (AvgIpc) is 2.78. The Morgan fingerprint density at radius 2 is 1.23 bits per heavy atom. The molecule has 0 spiro atoms. The minimum atomic E-state index is -0.101. The largest absolute Gasteiger partial charge is 0.269 e.